The molecule has 0 aromatic heterocycles. The highest BCUT2D eigenvalue weighted by atomic mass is 19.2. The second-order valence-electron chi connectivity index (χ2n) is 5.34. The maximum Gasteiger partial charge on any atom is 0.338 e. The number of halogens is 2. The van der Waals surface area contributed by atoms with Crippen LogP contribution < -0.4 is 4.90 Å². The first-order valence-corrected chi connectivity index (χ1v) is 7.12. The van der Waals surface area contributed by atoms with E-state index in [0.717, 1.165) is 38.5 Å². The molecule has 4 nitrogen and oxygen atoms in total. The van der Waals surface area contributed by atoms with E-state index in [0.29, 0.717) is 0 Å². The molecule has 1 aromatic carbocycles. The molecule has 0 radical (unpaired) electrons. The summed E-state index contributed by atoms with van der Waals surface area (Å²) >= 11 is 0. The average molecular weight is 298 g/mol. The molecule has 116 valence electrons. The van der Waals surface area contributed by atoms with Crippen LogP contribution in [0.3, 0.4) is 0 Å². The normalized spacial score (nSPS) is 17.0. The molecule has 1 aliphatic heterocycles. The molecule has 0 bridgehead atoms. The first-order chi connectivity index (χ1) is 9.95. The number of piperidine rings is 1. The summed E-state index contributed by atoms with van der Waals surface area (Å²) in [5.41, 5.74) is -0.516. The van der Waals surface area contributed by atoms with Crippen LogP contribution in [0.4, 0.5) is 14.5 Å². The van der Waals surface area contributed by atoms with E-state index in [1.807, 2.05) is 0 Å². The molecule has 0 saturated carbocycles. The second kappa shape index (κ2) is 6.39. The molecule has 0 spiro atoms. The highest BCUT2D eigenvalue weighted by molar-refractivity contribution is 5.88. The SMILES string of the molecule is CCN1CCC(N(C)c2ccc(C(=O)O)c(F)c2F)CC1. The van der Waals surface area contributed by atoms with Gasteiger partial charge in [0.15, 0.2) is 11.6 Å². The van der Waals surface area contributed by atoms with E-state index in [-0.39, 0.29) is 11.7 Å². The van der Waals surface area contributed by atoms with Crippen molar-refractivity contribution in [2.45, 2.75) is 25.8 Å². The Bertz CT molecular complexity index is 529. The number of hydrogen-bond donors (Lipinski definition) is 1. The molecule has 0 unspecified atom stereocenters. The van der Waals surface area contributed by atoms with Crippen LogP contribution in [-0.2, 0) is 0 Å². The maximum absolute atomic E-state index is 14.1. The molecule has 1 aliphatic rings. The molecule has 1 heterocycles. The van der Waals surface area contributed by atoms with Crippen LogP contribution in [0.2, 0.25) is 0 Å². The number of likely N-dealkylation sites (tertiary alicyclic amines) is 1. The molecule has 0 atom stereocenters. The van der Waals surface area contributed by atoms with Gasteiger partial charge in [0.2, 0.25) is 0 Å². The number of rotatable bonds is 4. The van der Waals surface area contributed by atoms with Gasteiger partial charge in [0.1, 0.15) is 0 Å². The van der Waals surface area contributed by atoms with Crippen molar-refractivity contribution in [1.82, 2.24) is 4.90 Å². The van der Waals surface area contributed by atoms with E-state index in [4.69, 9.17) is 5.11 Å². The predicted molar refractivity (Wildman–Crippen MR) is 76.9 cm³/mol. The summed E-state index contributed by atoms with van der Waals surface area (Å²) in [6, 6.07) is 2.60. The zero-order valence-corrected chi connectivity index (χ0v) is 12.3. The summed E-state index contributed by atoms with van der Waals surface area (Å²) in [5, 5.41) is 8.80. The van der Waals surface area contributed by atoms with Crippen molar-refractivity contribution in [3.05, 3.63) is 29.3 Å². The number of carboxylic acid groups (broad SMARTS) is 1. The van der Waals surface area contributed by atoms with Crippen molar-refractivity contribution in [3.63, 3.8) is 0 Å². The van der Waals surface area contributed by atoms with E-state index in [9.17, 15) is 13.6 Å². The van der Waals surface area contributed by atoms with Crippen molar-refractivity contribution in [2.75, 3.05) is 31.6 Å². The number of carbonyl (C=O) groups is 1. The smallest absolute Gasteiger partial charge is 0.338 e. The molecular weight excluding hydrogens is 278 g/mol. The molecule has 1 saturated heterocycles. The van der Waals surface area contributed by atoms with Crippen LogP contribution in [-0.4, -0.2) is 48.7 Å². The molecule has 21 heavy (non-hydrogen) atoms. The lowest BCUT2D eigenvalue weighted by atomic mass is 10.0. The van der Waals surface area contributed by atoms with Gasteiger partial charge in [-0.3, -0.25) is 0 Å². The Balaban J connectivity index is 2.18. The van der Waals surface area contributed by atoms with Gasteiger partial charge in [0.05, 0.1) is 11.3 Å². The number of hydrogen-bond acceptors (Lipinski definition) is 3. The molecule has 1 N–H and O–H groups in total. The van der Waals surface area contributed by atoms with Crippen molar-refractivity contribution in [3.8, 4) is 0 Å². The minimum atomic E-state index is -1.46. The molecule has 1 aromatic rings. The summed E-state index contributed by atoms with van der Waals surface area (Å²) in [4.78, 5) is 14.8. The molecule has 0 amide bonds. The Labute approximate surface area is 123 Å². The number of anilines is 1. The van der Waals surface area contributed by atoms with Gasteiger partial charge in [0.25, 0.3) is 0 Å². The van der Waals surface area contributed by atoms with Gasteiger partial charge in [-0.25, -0.2) is 13.6 Å². The maximum atomic E-state index is 14.1. The van der Waals surface area contributed by atoms with Gasteiger partial charge < -0.3 is 14.9 Å². The Kier molecular flexibility index (Phi) is 4.77. The summed E-state index contributed by atoms with van der Waals surface area (Å²) < 4.78 is 27.8. The van der Waals surface area contributed by atoms with Crippen LogP contribution >= 0.6 is 0 Å². The zero-order valence-electron chi connectivity index (χ0n) is 12.3. The molecule has 0 aliphatic carbocycles. The van der Waals surface area contributed by atoms with Gasteiger partial charge in [-0.1, -0.05) is 6.92 Å². The van der Waals surface area contributed by atoms with E-state index in [2.05, 4.69) is 11.8 Å². The van der Waals surface area contributed by atoms with Crippen LogP contribution in [0, 0.1) is 11.6 Å². The summed E-state index contributed by atoms with van der Waals surface area (Å²) in [6.07, 6.45) is 1.76. The van der Waals surface area contributed by atoms with Gasteiger partial charge in [0, 0.05) is 26.2 Å². The van der Waals surface area contributed by atoms with Crippen molar-refractivity contribution in [2.24, 2.45) is 0 Å². The Hall–Kier alpha value is -1.69. The fraction of sp³-hybridized carbons (Fsp3) is 0.533. The average Bonchev–Trinajstić information content (AvgIpc) is 2.49. The van der Waals surface area contributed by atoms with Crippen LogP contribution in [0.25, 0.3) is 0 Å². The van der Waals surface area contributed by atoms with Crippen LogP contribution in [0.5, 0.6) is 0 Å². The van der Waals surface area contributed by atoms with E-state index < -0.39 is 23.2 Å². The highest BCUT2D eigenvalue weighted by Crippen LogP contribution is 2.27. The summed E-state index contributed by atoms with van der Waals surface area (Å²) in [6.45, 7) is 4.96. The quantitative estimate of drug-likeness (QED) is 0.928. The lowest BCUT2D eigenvalue weighted by Gasteiger charge is -2.37. The first kappa shape index (κ1) is 15.7. The lowest BCUT2D eigenvalue weighted by molar-refractivity contribution is 0.0690. The number of benzene rings is 1. The summed E-state index contributed by atoms with van der Waals surface area (Å²) in [7, 11) is 1.73. The second-order valence-corrected chi connectivity index (χ2v) is 5.34. The van der Waals surface area contributed by atoms with Crippen molar-refractivity contribution in [1.29, 1.82) is 0 Å². The van der Waals surface area contributed by atoms with Gasteiger partial charge >= 0.3 is 5.97 Å². The Morgan fingerprint density at radius 2 is 1.95 bits per heavy atom. The van der Waals surface area contributed by atoms with Crippen molar-refractivity contribution < 1.29 is 18.7 Å². The third-order valence-corrected chi connectivity index (χ3v) is 4.22. The van der Waals surface area contributed by atoms with E-state index in [1.54, 1.807) is 11.9 Å². The van der Waals surface area contributed by atoms with Crippen LogP contribution in [0.1, 0.15) is 30.1 Å². The molecular formula is C15H20F2N2O2. The standard InChI is InChI=1S/C15H20F2N2O2/c1-3-19-8-6-10(7-9-19)18(2)12-5-4-11(15(20)21)13(16)14(12)17/h4-5,10H,3,6-9H2,1-2H3,(H,20,21). The number of carboxylic acids is 1. The summed E-state index contributed by atoms with van der Waals surface area (Å²) in [5.74, 6) is -3.84. The van der Waals surface area contributed by atoms with Crippen LogP contribution in [0.15, 0.2) is 12.1 Å². The Morgan fingerprint density at radius 1 is 1.33 bits per heavy atom. The monoisotopic (exact) mass is 298 g/mol. The largest absolute Gasteiger partial charge is 0.478 e. The fourth-order valence-electron chi connectivity index (χ4n) is 2.80. The predicted octanol–water partition coefficient (Wildman–Crippen LogP) is 2.58. The lowest BCUT2D eigenvalue weighted by Crippen LogP contribution is -2.43. The zero-order chi connectivity index (χ0) is 15.6. The third-order valence-electron chi connectivity index (χ3n) is 4.22. The van der Waals surface area contributed by atoms with Crippen molar-refractivity contribution >= 4 is 11.7 Å². The number of aromatic carboxylic acids is 1. The minimum absolute atomic E-state index is 0.118. The Morgan fingerprint density at radius 3 is 2.48 bits per heavy atom. The minimum Gasteiger partial charge on any atom is -0.478 e. The van der Waals surface area contributed by atoms with E-state index >= 15 is 0 Å². The van der Waals surface area contributed by atoms with Gasteiger partial charge in [-0.15, -0.1) is 0 Å². The molecule has 1 fully saturated rings. The molecule has 2 rings (SSSR count). The number of nitrogens with zero attached hydrogens (tertiary/aromatic N) is 2. The van der Waals surface area contributed by atoms with Gasteiger partial charge in [-0.2, -0.15) is 0 Å². The molecule has 6 heteroatoms. The van der Waals surface area contributed by atoms with Gasteiger partial charge in [-0.05, 0) is 31.5 Å². The van der Waals surface area contributed by atoms with E-state index in [1.165, 1.54) is 6.07 Å². The topological polar surface area (TPSA) is 43.8 Å². The third kappa shape index (κ3) is 3.15. The first-order valence-electron chi connectivity index (χ1n) is 7.12. The highest BCUT2D eigenvalue weighted by Gasteiger charge is 2.26. The fourth-order valence-corrected chi connectivity index (χ4v) is 2.80.